The highest BCUT2D eigenvalue weighted by molar-refractivity contribution is 5.62. The highest BCUT2D eigenvalue weighted by Gasteiger charge is 2.24. The van der Waals surface area contributed by atoms with Crippen LogP contribution in [0.15, 0.2) is 36.4 Å². The molecule has 1 fully saturated rings. The van der Waals surface area contributed by atoms with Crippen LogP contribution in [0.2, 0.25) is 0 Å². The number of ether oxygens (including phenoxy) is 1. The van der Waals surface area contributed by atoms with Crippen LogP contribution in [-0.2, 0) is 11.3 Å². The van der Waals surface area contributed by atoms with Crippen LogP contribution in [0.25, 0.3) is 0 Å². The van der Waals surface area contributed by atoms with Crippen LogP contribution in [0.1, 0.15) is 25.0 Å². The van der Waals surface area contributed by atoms with Crippen molar-refractivity contribution >= 4 is 17.1 Å². The molecule has 0 saturated carbocycles. The summed E-state index contributed by atoms with van der Waals surface area (Å²) in [6, 6.07) is 11.4. The molecule has 0 aromatic heterocycles. The molecule has 4 nitrogen and oxygen atoms in total. The van der Waals surface area contributed by atoms with E-state index in [-0.39, 0.29) is 18.0 Å². The number of halogens is 1. The van der Waals surface area contributed by atoms with Crippen LogP contribution < -0.4 is 16.0 Å². The van der Waals surface area contributed by atoms with Crippen LogP contribution in [-0.4, -0.2) is 25.3 Å². The van der Waals surface area contributed by atoms with Gasteiger partial charge in [-0.3, -0.25) is 0 Å². The standard InChI is InChI=1S/C20H26FN3O/c1-13-11-24(12-14(2)25-13)19-9-8-18(20(21)15(19)3)23-10-16-4-6-17(22)7-5-16/h4-9,13-14,23H,10-12,22H2,1-3H3/t13-,14+. The average molecular weight is 343 g/mol. The van der Waals surface area contributed by atoms with Gasteiger partial charge in [-0.1, -0.05) is 12.1 Å². The molecule has 1 heterocycles. The molecular weight excluding hydrogens is 317 g/mol. The second-order valence-corrected chi connectivity index (χ2v) is 6.83. The third-order valence-electron chi connectivity index (χ3n) is 4.58. The third kappa shape index (κ3) is 4.04. The zero-order valence-electron chi connectivity index (χ0n) is 15.1. The zero-order chi connectivity index (χ0) is 18.0. The lowest BCUT2D eigenvalue weighted by atomic mass is 10.1. The summed E-state index contributed by atoms with van der Waals surface area (Å²) in [5, 5.41) is 3.18. The van der Waals surface area contributed by atoms with Gasteiger partial charge in [-0.05, 0) is 50.6 Å². The van der Waals surface area contributed by atoms with Crippen molar-refractivity contribution in [3.63, 3.8) is 0 Å². The number of nitrogens with two attached hydrogens (primary N) is 1. The van der Waals surface area contributed by atoms with E-state index in [9.17, 15) is 4.39 Å². The van der Waals surface area contributed by atoms with E-state index in [4.69, 9.17) is 10.5 Å². The first-order valence-electron chi connectivity index (χ1n) is 8.72. The van der Waals surface area contributed by atoms with E-state index in [0.717, 1.165) is 30.0 Å². The van der Waals surface area contributed by atoms with Gasteiger partial charge >= 0.3 is 0 Å². The van der Waals surface area contributed by atoms with Gasteiger partial charge < -0.3 is 20.7 Å². The minimum Gasteiger partial charge on any atom is -0.399 e. The lowest BCUT2D eigenvalue weighted by Crippen LogP contribution is -2.45. The van der Waals surface area contributed by atoms with Crippen LogP contribution in [0, 0.1) is 12.7 Å². The SMILES string of the molecule is Cc1c(N2C[C@@H](C)O[C@@H](C)C2)ccc(NCc2ccc(N)cc2)c1F. The molecule has 25 heavy (non-hydrogen) atoms. The highest BCUT2D eigenvalue weighted by atomic mass is 19.1. The Morgan fingerprint density at radius 2 is 1.76 bits per heavy atom. The summed E-state index contributed by atoms with van der Waals surface area (Å²) in [6.07, 6.45) is 0.295. The van der Waals surface area contributed by atoms with E-state index >= 15 is 0 Å². The quantitative estimate of drug-likeness (QED) is 0.826. The normalized spacial score (nSPS) is 20.6. The van der Waals surface area contributed by atoms with Crippen molar-refractivity contribution in [3.05, 3.63) is 53.3 Å². The Kier molecular flexibility index (Phi) is 5.13. The maximum atomic E-state index is 14.8. The van der Waals surface area contributed by atoms with Crippen molar-refractivity contribution in [1.82, 2.24) is 0 Å². The number of hydrogen-bond acceptors (Lipinski definition) is 4. The minimum absolute atomic E-state index is 0.148. The monoisotopic (exact) mass is 343 g/mol. The first kappa shape index (κ1) is 17.5. The minimum atomic E-state index is -0.195. The predicted molar refractivity (Wildman–Crippen MR) is 102 cm³/mol. The molecule has 3 rings (SSSR count). The topological polar surface area (TPSA) is 50.5 Å². The van der Waals surface area contributed by atoms with Crippen molar-refractivity contribution in [2.24, 2.45) is 0 Å². The Morgan fingerprint density at radius 3 is 2.40 bits per heavy atom. The van der Waals surface area contributed by atoms with Crippen LogP contribution >= 0.6 is 0 Å². The van der Waals surface area contributed by atoms with Crippen molar-refractivity contribution in [3.8, 4) is 0 Å². The summed E-state index contributed by atoms with van der Waals surface area (Å²) < 4.78 is 20.6. The molecule has 0 unspecified atom stereocenters. The smallest absolute Gasteiger partial charge is 0.151 e. The van der Waals surface area contributed by atoms with Crippen LogP contribution in [0.4, 0.5) is 21.5 Å². The Labute approximate surface area is 148 Å². The molecule has 0 amide bonds. The van der Waals surface area contributed by atoms with E-state index in [2.05, 4.69) is 24.1 Å². The first-order valence-corrected chi connectivity index (χ1v) is 8.72. The van der Waals surface area contributed by atoms with Crippen molar-refractivity contribution < 1.29 is 9.13 Å². The number of nitrogens with zero attached hydrogens (tertiary/aromatic N) is 1. The predicted octanol–water partition coefficient (Wildman–Crippen LogP) is 3.94. The molecule has 1 aliphatic heterocycles. The van der Waals surface area contributed by atoms with Gasteiger partial charge in [0, 0.05) is 36.6 Å². The molecule has 1 aliphatic rings. The molecule has 2 aromatic rings. The molecule has 134 valence electrons. The summed E-state index contributed by atoms with van der Waals surface area (Å²) in [7, 11) is 0. The number of morpholine rings is 1. The van der Waals surface area contributed by atoms with Gasteiger partial charge in [0.1, 0.15) is 0 Å². The largest absolute Gasteiger partial charge is 0.399 e. The van der Waals surface area contributed by atoms with E-state index in [0.29, 0.717) is 17.8 Å². The van der Waals surface area contributed by atoms with Gasteiger partial charge in [-0.15, -0.1) is 0 Å². The fourth-order valence-electron chi connectivity index (χ4n) is 3.36. The van der Waals surface area contributed by atoms with Gasteiger partial charge in [-0.25, -0.2) is 4.39 Å². The van der Waals surface area contributed by atoms with Crippen molar-refractivity contribution in [2.45, 2.75) is 39.5 Å². The summed E-state index contributed by atoms with van der Waals surface area (Å²) in [4.78, 5) is 2.21. The molecule has 3 N–H and O–H groups in total. The number of benzene rings is 2. The molecule has 2 atom stereocenters. The lowest BCUT2D eigenvalue weighted by molar-refractivity contribution is -0.00526. The first-order chi connectivity index (χ1) is 11.9. The Bertz CT molecular complexity index is 722. The van der Waals surface area contributed by atoms with Gasteiger partial charge in [0.2, 0.25) is 0 Å². The number of nitrogens with one attached hydrogen (secondary N) is 1. The molecule has 5 heteroatoms. The number of rotatable bonds is 4. The van der Waals surface area contributed by atoms with Gasteiger partial charge in [-0.2, -0.15) is 0 Å². The lowest BCUT2D eigenvalue weighted by Gasteiger charge is -2.37. The second kappa shape index (κ2) is 7.31. The fourth-order valence-corrected chi connectivity index (χ4v) is 3.36. The Hall–Kier alpha value is -2.27. The van der Waals surface area contributed by atoms with Gasteiger partial charge in [0.05, 0.1) is 17.9 Å². The molecule has 0 spiro atoms. The van der Waals surface area contributed by atoms with Gasteiger partial charge in [0.25, 0.3) is 0 Å². The number of hydrogen-bond donors (Lipinski definition) is 2. The zero-order valence-corrected chi connectivity index (χ0v) is 15.1. The van der Waals surface area contributed by atoms with Crippen LogP contribution in [0.5, 0.6) is 0 Å². The molecule has 0 aliphatic carbocycles. The number of anilines is 3. The Morgan fingerprint density at radius 1 is 1.12 bits per heavy atom. The van der Waals surface area contributed by atoms with E-state index in [1.54, 1.807) is 0 Å². The van der Waals surface area contributed by atoms with Gasteiger partial charge in [0.15, 0.2) is 5.82 Å². The van der Waals surface area contributed by atoms with E-state index in [1.165, 1.54) is 0 Å². The Balaban J connectivity index is 1.74. The molecule has 2 aromatic carbocycles. The maximum Gasteiger partial charge on any atom is 0.151 e. The fraction of sp³-hybridized carbons (Fsp3) is 0.400. The van der Waals surface area contributed by atoms with E-state index < -0.39 is 0 Å². The molecule has 0 radical (unpaired) electrons. The number of nitrogen functional groups attached to an aromatic ring is 1. The van der Waals surface area contributed by atoms with Crippen molar-refractivity contribution in [1.29, 1.82) is 0 Å². The average Bonchev–Trinajstić information content (AvgIpc) is 2.57. The highest BCUT2D eigenvalue weighted by Crippen LogP contribution is 2.30. The van der Waals surface area contributed by atoms with E-state index in [1.807, 2.05) is 43.3 Å². The molecule has 1 saturated heterocycles. The summed E-state index contributed by atoms with van der Waals surface area (Å²) in [5.41, 5.74) is 9.61. The maximum absolute atomic E-state index is 14.8. The van der Waals surface area contributed by atoms with Crippen LogP contribution in [0.3, 0.4) is 0 Å². The summed E-state index contributed by atoms with van der Waals surface area (Å²) >= 11 is 0. The second-order valence-electron chi connectivity index (χ2n) is 6.83. The molecule has 0 bridgehead atoms. The van der Waals surface area contributed by atoms with Crippen molar-refractivity contribution in [2.75, 3.05) is 29.0 Å². The summed E-state index contributed by atoms with van der Waals surface area (Å²) in [5.74, 6) is -0.195. The third-order valence-corrected chi connectivity index (χ3v) is 4.58. The molecular formula is C20H26FN3O. The summed E-state index contributed by atoms with van der Waals surface area (Å²) in [6.45, 7) is 8.06.